The number of nitrogens with zero attached hydrogens (tertiary/aromatic N) is 2. The Morgan fingerprint density at radius 1 is 1.16 bits per heavy atom. The molecule has 2 aliphatic rings. The van der Waals surface area contributed by atoms with Crippen LogP contribution < -0.4 is 15.0 Å². The summed E-state index contributed by atoms with van der Waals surface area (Å²) in [6.07, 6.45) is 1.66. The lowest BCUT2D eigenvalue weighted by atomic mass is 10.0. The summed E-state index contributed by atoms with van der Waals surface area (Å²) in [5.74, 6) is -0.307. The maximum Gasteiger partial charge on any atom is 0.244 e. The molecule has 0 radical (unpaired) electrons. The van der Waals surface area contributed by atoms with E-state index in [1.54, 1.807) is 29.2 Å². The van der Waals surface area contributed by atoms with Gasteiger partial charge in [0.1, 0.15) is 12.7 Å². The fourth-order valence-electron chi connectivity index (χ4n) is 4.56. The molecule has 32 heavy (non-hydrogen) atoms. The maximum absolute atomic E-state index is 13.8. The fourth-order valence-corrected chi connectivity index (χ4v) is 4.69. The van der Waals surface area contributed by atoms with Gasteiger partial charge in [0.25, 0.3) is 0 Å². The molecule has 4 rings (SSSR count). The first kappa shape index (κ1) is 23.0. The van der Waals surface area contributed by atoms with Crippen molar-refractivity contribution in [3.8, 4) is 5.75 Å². The molecule has 0 aliphatic carbocycles. The van der Waals surface area contributed by atoms with Gasteiger partial charge in [0.2, 0.25) is 5.91 Å². The Bertz CT molecular complexity index is 908. The number of hydrogen-bond donors (Lipinski definition) is 2. The quantitative estimate of drug-likeness (QED) is 0.632. The van der Waals surface area contributed by atoms with E-state index in [0.29, 0.717) is 24.5 Å². The summed E-state index contributed by atoms with van der Waals surface area (Å²) in [4.78, 5) is 17.3. The van der Waals surface area contributed by atoms with Crippen LogP contribution in [0.1, 0.15) is 19.3 Å². The highest BCUT2D eigenvalue weighted by Crippen LogP contribution is 2.28. The number of carbonyl (C=O) groups excluding carboxylic acids is 1. The zero-order chi connectivity index (χ0) is 22.5. The number of anilines is 1. The molecule has 2 fully saturated rings. The second kappa shape index (κ2) is 10.6. The van der Waals surface area contributed by atoms with Crippen molar-refractivity contribution < 1.29 is 19.0 Å². The van der Waals surface area contributed by atoms with Crippen LogP contribution in [-0.4, -0.2) is 66.9 Å². The van der Waals surface area contributed by atoms with Crippen LogP contribution in [0.15, 0.2) is 48.5 Å². The van der Waals surface area contributed by atoms with E-state index in [-0.39, 0.29) is 30.3 Å². The van der Waals surface area contributed by atoms with E-state index in [0.717, 1.165) is 31.6 Å². The molecule has 2 heterocycles. The molecule has 2 N–H and O–H groups in total. The summed E-state index contributed by atoms with van der Waals surface area (Å²) in [6, 6.07) is 13.3. The van der Waals surface area contributed by atoms with Crippen molar-refractivity contribution >= 4 is 23.2 Å². The number of carbonyl (C=O) groups is 1. The first-order chi connectivity index (χ1) is 15.5. The van der Waals surface area contributed by atoms with E-state index < -0.39 is 11.9 Å². The Labute approximate surface area is 192 Å². The molecule has 6 nitrogen and oxygen atoms in total. The van der Waals surface area contributed by atoms with Crippen LogP contribution in [0.4, 0.5) is 10.1 Å². The molecule has 2 aliphatic heterocycles. The fraction of sp³-hybridized carbons (Fsp3) is 0.458. The number of aliphatic hydroxyl groups excluding tert-OH is 1. The summed E-state index contributed by atoms with van der Waals surface area (Å²) < 4.78 is 19.3. The monoisotopic (exact) mass is 461 g/mol. The number of halogens is 2. The standard InChI is InChI=1S/C24H29ClFN3O3/c25-17-5-7-18(8-6-17)28-14-11-22(24(28)31)29(19-9-12-27-13-10-19)15-20(30)16-32-23-4-2-1-3-21(23)26/h1-8,19-20,22,27,30H,9-16H2/t20-,22-/m1/s1. The number of aliphatic hydroxyl groups is 1. The molecule has 8 heteroatoms. The minimum atomic E-state index is -0.845. The average Bonchev–Trinajstić information content (AvgIpc) is 3.19. The van der Waals surface area contributed by atoms with Crippen molar-refractivity contribution in [3.63, 3.8) is 0 Å². The lowest BCUT2D eigenvalue weighted by Crippen LogP contribution is -2.53. The zero-order valence-electron chi connectivity index (χ0n) is 17.9. The van der Waals surface area contributed by atoms with Crippen LogP contribution in [0.3, 0.4) is 0 Å². The van der Waals surface area contributed by atoms with E-state index in [1.807, 2.05) is 12.1 Å². The van der Waals surface area contributed by atoms with E-state index in [1.165, 1.54) is 12.1 Å². The number of hydrogen-bond acceptors (Lipinski definition) is 5. The summed E-state index contributed by atoms with van der Waals surface area (Å²) in [5, 5.41) is 14.7. The number of para-hydroxylation sites is 1. The number of amides is 1. The Morgan fingerprint density at radius 3 is 2.59 bits per heavy atom. The smallest absolute Gasteiger partial charge is 0.244 e. The molecule has 0 bridgehead atoms. The van der Waals surface area contributed by atoms with Crippen molar-refractivity contribution in [1.29, 1.82) is 0 Å². The molecule has 0 saturated carbocycles. The normalized spacial score (nSPS) is 20.7. The Morgan fingerprint density at radius 2 is 1.88 bits per heavy atom. The second-order valence-corrected chi connectivity index (χ2v) is 8.78. The lowest BCUT2D eigenvalue weighted by molar-refractivity contribution is -0.123. The zero-order valence-corrected chi connectivity index (χ0v) is 18.7. The number of benzene rings is 2. The summed E-state index contributed by atoms with van der Waals surface area (Å²) in [7, 11) is 0. The van der Waals surface area contributed by atoms with Gasteiger partial charge in [-0.1, -0.05) is 23.7 Å². The number of piperidine rings is 1. The Hall–Kier alpha value is -2.19. The minimum absolute atomic E-state index is 0.0353. The molecular weight excluding hydrogens is 433 g/mol. The van der Waals surface area contributed by atoms with Crippen molar-refractivity contribution in [1.82, 2.24) is 10.2 Å². The van der Waals surface area contributed by atoms with Crippen LogP contribution in [0, 0.1) is 5.82 Å². The van der Waals surface area contributed by atoms with Gasteiger partial charge in [0.05, 0.1) is 6.04 Å². The average molecular weight is 462 g/mol. The summed E-state index contributed by atoms with van der Waals surface area (Å²) >= 11 is 6.00. The third-order valence-corrected chi connectivity index (χ3v) is 6.43. The number of rotatable bonds is 8. The highest BCUT2D eigenvalue weighted by Gasteiger charge is 2.40. The van der Waals surface area contributed by atoms with Crippen LogP contribution in [-0.2, 0) is 4.79 Å². The Balaban J connectivity index is 1.45. The summed E-state index contributed by atoms with van der Waals surface area (Å²) in [6.45, 7) is 2.64. The van der Waals surface area contributed by atoms with Gasteiger partial charge in [0.15, 0.2) is 11.6 Å². The van der Waals surface area contributed by atoms with Crippen LogP contribution in [0.5, 0.6) is 5.75 Å². The molecule has 0 aromatic heterocycles. The van der Waals surface area contributed by atoms with Crippen molar-refractivity contribution in [2.75, 3.05) is 37.7 Å². The first-order valence-corrected chi connectivity index (χ1v) is 11.5. The molecule has 1 amide bonds. The highest BCUT2D eigenvalue weighted by molar-refractivity contribution is 6.30. The molecule has 2 atom stereocenters. The van der Waals surface area contributed by atoms with Gasteiger partial charge >= 0.3 is 0 Å². The van der Waals surface area contributed by atoms with Gasteiger partial charge in [-0.25, -0.2) is 4.39 Å². The van der Waals surface area contributed by atoms with Crippen molar-refractivity contribution in [2.24, 2.45) is 0 Å². The predicted molar refractivity (Wildman–Crippen MR) is 123 cm³/mol. The molecule has 2 aromatic rings. The van der Waals surface area contributed by atoms with E-state index >= 15 is 0 Å². The molecule has 2 aromatic carbocycles. The maximum atomic E-state index is 13.8. The third kappa shape index (κ3) is 5.41. The second-order valence-electron chi connectivity index (χ2n) is 8.34. The van der Waals surface area contributed by atoms with Gasteiger partial charge in [-0.3, -0.25) is 9.69 Å². The van der Waals surface area contributed by atoms with Gasteiger partial charge in [-0.2, -0.15) is 0 Å². The lowest BCUT2D eigenvalue weighted by Gasteiger charge is -2.39. The van der Waals surface area contributed by atoms with Gasteiger partial charge in [-0.05, 0) is 68.8 Å². The molecule has 2 saturated heterocycles. The van der Waals surface area contributed by atoms with Crippen molar-refractivity contribution in [2.45, 2.75) is 37.5 Å². The van der Waals surface area contributed by atoms with Crippen LogP contribution in [0.25, 0.3) is 0 Å². The van der Waals surface area contributed by atoms with Crippen LogP contribution in [0.2, 0.25) is 5.02 Å². The molecule has 172 valence electrons. The summed E-state index contributed by atoms with van der Waals surface area (Å²) in [5.41, 5.74) is 0.829. The van der Waals surface area contributed by atoms with Gasteiger partial charge < -0.3 is 20.1 Å². The number of nitrogens with one attached hydrogen (secondary N) is 1. The predicted octanol–water partition coefficient (Wildman–Crippen LogP) is 3.08. The topological polar surface area (TPSA) is 65.0 Å². The van der Waals surface area contributed by atoms with E-state index in [4.69, 9.17) is 16.3 Å². The van der Waals surface area contributed by atoms with E-state index in [9.17, 15) is 14.3 Å². The van der Waals surface area contributed by atoms with Crippen LogP contribution >= 0.6 is 11.6 Å². The third-order valence-electron chi connectivity index (χ3n) is 6.18. The molecular formula is C24H29ClFN3O3. The highest BCUT2D eigenvalue weighted by atomic mass is 35.5. The Kier molecular flexibility index (Phi) is 7.63. The van der Waals surface area contributed by atoms with E-state index in [2.05, 4.69) is 10.2 Å². The molecule has 0 unspecified atom stereocenters. The minimum Gasteiger partial charge on any atom is -0.488 e. The van der Waals surface area contributed by atoms with Crippen molar-refractivity contribution in [3.05, 3.63) is 59.4 Å². The van der Waals surface area contributed by atoms with Gasteiger partial charge in [-0.15, -0.1) is 0 Å². The van der Waals surface area contributed by atoms with Gasteiger partial charge in [0, 0.05) is 29.8 Å². The largest absolute Gasteiger partial charge is 0.488 e. The molecule has 0 spiro atoms. The number of ether oxygens (including phenoxy) is 1. The first-order valence-electron chi connectivity index (χ1n) is 11.1. The SMILES string of the molecule is O=C1[C@H](N(C[C@@H](O)COc2ccccc2F)C2CCNCC2)CCN1c1ccc(Cl)cc1.